The molecule has 2 rings (SSSR count). The lowest BCUT2D eigenvalue weighted by Crippen LogP contribution is -2.08. The maximum Gasteiger partial charge on any atom is 0.501 e. The summed E-state index contributed by atoms with van der Waals surface area (Å²) in [6, 6.07) is 4.56. The van der Waals surface area contributed by atoms with E-state index in [1.807, 2.05) is 0 Å². The SMILES string of the molecule is O=Ic1cccc2c1OS(=O)(=O)O2. The van der Waals surface area contributed by atoms with Crippen molar-refractivity contribution in [3.63, 3.8) is 0 Å². The zero-order valence-corrected chi connectivity index (χ0v) is 9.03. The Morgan fingerprint density at radius 3 is 2.69 bits per heavy atom. The number of para-hydroxylation sites is 1. The van der Waals surface area contributed by atoms with Gasteiger partial charge in [-0.25, -0.2) is 0 Å². The van der Waals surface area contributed by atoms with Crippen molar-refractivity contribution in [3.8, 4) is 11.5 Å². The molecule has 0 radical (unpaired) electrons. The van der Waals surface area contributed by atoms with E-state index < -0.39 is 31.6 Å². The van der Waals surface area contributed by atoms with E-state index in [0.717, 1.165) is 0 Å². The van der Waals surface area contributed by atoms with Crippen LogP contribution in [0.25, 0.3) is 0 Å². The van der Waals surface area contributed by atoms with E-state index in [1.54, 1.807) is 12.1 Å². The van der Waals surface area contributed by atoms with Crippen LogP contribution in [0.4, 0.5) is 0 Å². The summed E-state index contributed by atoms with van der Waals surface area (Å²) in [4.78, 5) is 0. The first-order valence-corrected chi connectivity index (χ1v) is 6.46. The Bertz CT molecular complexity index is 466. The van der Waals surface area contributed by atoms with Crippen molar-refractivity contribution in [3.05, 3.63) is 21.8 Å². The van der Waals surface area contributed by atoms with Gasteiger partial charge in [-0.1, -0.05) is 6.07 Å². The van der Waals surface area contributed by atoms with Gasteiger partial charge >= 0.3 is 10.4 Å². The standard InChI is InChI=1S/C6H3IO5S/c8-7-4-2-1-3-5-6(4)12-13(9,10)11-5/h1-3H. The van der Waals surface area contributed by atoms with Crippen LogP contribution >= 0.6 is 21.2 Å². The molecule has 70 valence electrons. The summed E-state index contributed by atoms with van der Waals surface area (Å²) in [5.41, 5.74) is 0. The minimum atomic E-state index is -3.96. The summed E-state index contributed by atoms with van der Waals surface area (Å²) < 4.78 is 41.7. The largest absolute Gasteiger partial charge is 0.501 e. The van der Waals surface area contributed by atoms with Crippen LogP contribution in [0.15, 0.2) is 18.2 Å². The van der Waals surface area contributed by atoms with Crippen LogP contribution < -0.4 is 8.37 Å². The van der Waals surface area contributed by atoms with E-state index in [4.69, 9.17) is 0 Å². The molecule has 0 N–H and O–H groups in total. The van der Waals surface area contributed by atoms with Crippen molar-refractivity contribution >= 4 is 31.6 Å². The van der Waals surface area contributed by atoms with Gasteiger partial charge in [-0.3, -0.25) is 3.07 Å². The highest BCUT2D eigenvalue weighted by Crippen LogP contribution is 2.40. The molecule has 1 aliphatic heterocycles. The monoisotopic (exact) mass is 314 g/mol. The van der Waals surface area contributed by atoms with Gasteiger partial charge in [0.2, 0.25) is 5.75 Å². The van der Waals surface area contributed by atoms with Crippen molar-refractivity contribution in [1.82, 2.24) is 0 Å². The Balaban J connectivity index is 2.63. The van der Waals surface area contributed by atoms with Crippen LogP contribution in [0.3, 0.4) is 0 Å². The Hall–Kier alpha value is -0.700. The highest BCUT2D eigenvalue weighted by molar-refractivity contribution is 14.1. The van der Waals surface area contributed by atoms with Crippen molar-refractivity contribution in [2.75, 3.05) is 0 Å². The molecule has 1 aliphatic rings. The second-order valence-electron chi connectivity index (χ2n) is 2.22. The minimum Gasteiger partial charge on any atom is -0.349 e. The summed E-state index contributed by atoms with van der Waals surface area (Å²) in [5, 5.41) is 0. The highest BCUT2D eigenvalue weighted by Gasteiger charge is 2.30. The quantitative estimate of drug-likeness (QED) is 0.728. The van der Waals surface area contributed by atoms with Crippen LogP contribution in [0, 0.1) is 3.57 Å². The van der Waals surface area contributed by atoms with Crippen LogP contribution in [0.2, 0.25) is 0 Å². The third-order valence-corrected chi connectivity index (χ3v) is 3.47. The van der Waals surface area contributed by atoms with Gasteiger partial charge in [0, 0.05) is 0 Å². The second-order valence-corrected chi connectivity index (χ2v) is 4.97. The van der Waals surface area contributed by atoms with Crippen molar-refractivity contribution in [2.45, 2.75) is 0 Å². The Morgan fingerprint density at radius 2 is 2.00 bits per heavy atom. The molecule has 0 amide bonds. The maximum atomic E-state index is 10.8. The fourth-order valence-corrected chi connectivity index (χ4v) is 2.77. The minimum absolute atomic E-state index is 0.0605. The normalized spacial score (nSPS) is 17.2. The molecule has 0 bridgehead atoms. The number of hydrogen-bond acceptors (Lipinski definition) is 5. The first kappa shape index (κ1) is 8.88. The number of rotatable bonds is 1. The van der Waals surface area contributed by atoms with Gasteiger partial charge in [0.05, 0.1) is 3.57 Å². The van der Waals surface area contributed by atoms with E-state index in [1.165, 1.54) is 6.07 Å². The second kappa shape index (κ2) is 2.91. The molecule has 0 aromatic heterocycles. The molecule has 0 saturated heterocycles. The molecular formula is C6H3IO5S. The van der Waals surface area contributed by atoms with Gasteiger partial charge in [-0.15, -0.1) is 8.42 Å². The molecule has 0 fully saturated rings. The van der Waals surface area contributed by atoms with Crippen LogP contribution in [-0.4, -0.2) is 8.42 Å². The van der Waals surface area contributed by atoms with Crippen molar-refractivity contribution < 1.29 is 19.9 Å². The smallest absolute Gasteiger partial charge is 0.349 e. The molecule has 0 aliphatic carbocycles. The molecule has 0 unspecified atom stereocenters. The Morgan fingerprint density at radius 1 is 1.23 bits per heavy atom. The van der Waals surface area contributed by atoms with Gasteiger partial charge in [-0.05, 0) is 12.1 Å². The lowest BCUT2D eigenvalue weighted by Gasteiger charge is -1.92. The number of hydrogen-bond donors (Lipinski definition) is 0. The molecule has 7 heteroatoms. The fourth-order valence-electron chi connectivity index (χ4n) is 0.925. The van der Waals surface area contributed by atoms with Crippen LogP contribution in [0.5, 0.6) is 11.5 Å². The summed E-state index contributed by atoms with van der Waals surface area (Å²) in [5.74, 6) is 0.165. The molecule has 1 heterocycles. The van der Waals surface area contributed by atoms with Gasteiger partial charge < -0.3 is 8.37 Å². The predicted octanol–water partition coefficient (Wildman–Crippen LogP) is 1.19. The topological polar surface area (TPSA) is 69.7 Å². The maximum absolute atomic E-state index is 10.8. The third kappa shape index (κ3) is 1.53. The van der Waals surface area contributed by atoms with E-state index in [9.17, 15) is 11.5 Å². The zero-order chi connectivity index (χ0) is 9.47. The van der Waals surface area contributed by atoms with Gasteiger partial charge in [0.15, 0.2) is 26.9 Å². The first-order chi connectivity index (χ1) is 6.12. The van der Waals surface area contributed by atoms with Gasteiger partial charge in [0.1, 0.15) is 0 Å². The summed E-state index contributed by atoms with van der Waals surface area (Å²) in [6.07, 6.45) is 0. The number of benzene rings is 1. The molecular weight excluding hydrogens is 311 g/mol. The van der Waals surface area contributed by atoms with Crippen molar-refractivity contribution in [1.29, 1.82) is 0 Å². The Labute approximate surface area is 84.6 Å². The van der Waals surface area contributed by atoms with Crippen molar-refractivity contribution in [2.24, 2.45) is 0 Å². The van der Waals surface area contributed by atoms with E-state index in [-0.39, 0.29) is 11.5 Å². The predicted molar refractivity (Wildman–Crippen MR) is 50.0 cm³/mol. The Kier molecular flexibility index (Phi) is 1.99. The molecule has 0 saturated carbocycles. The number of fused-ring (bicyclic) bond motifs is 1. The summed E-state index contributed by atoms with van der Waals surface area (Å²) in [7, 11) is -3.96. The van der Waals surface area contributed by atoms with Gasteiger partial charge in [0.25, 0.3) is 0 Å². The molecule has 5 nitrogen and oxygen atoms in total. The zero-order valence-electron chi connectivity index (χ0n) is 6.06. The van der Waals surface area contributed by atoms with Gasteiger partial charge in [-0.2, -0.15) is 0 Å². The molecule has 1 aromatic carbocycles. The molecule has 0 spiro atoms. The van der Waals surface area contributed by atoms with E-state index in [2.05, 4.69) is 8.37 Å². The molecule has 0 atom stereocenters. The first-order valence-electron chi connectivity index (χ1n) is 3.16. The average molecular weight is 314 g/mol. The lowest BCUT2D eigenvalue weighted by molar-refractivity contribution is 0.436. The van der Waals surface area contributed by atoms with E-state index in [0.29, 0.717) is 3.57 Å². The summed E-state index contributed by atoms with van der Waals surface area (Å²) >= 11 is -1.46. The third-order valence-electron chi connectivity index (χ3n) is 1.39. The fraction of sp³-hybridized carbons (Fsp3) is 0. The van der Waals surface area contributed by atoms with Crippen LogP contribution in [-0.2, 0) is 13.5 Å². The average Bonchev–Trinajstić information content (AvgIpc) is 2.37. The van der Waals surface area contributed by atoms with Crippen LogP contribution in [0.1, 0.15) is 0 Å². The lowest BCUT2D eigenvalue weighted by atomic mass is 10.3. The molecule has 13 heavy (non-hydrogen) atoms. The molecule has 1 aromatic rings. The summed E-state index contributed by atoms with van der Waals surface area (Å²) in [6.45, 7) is 0. The number of halogens is 1. The highest BCUT2D eigenvalue weighted by atomic mass is 127. The van der Waals surface area contributed by atoms with E-state index >= 15 is 0 Å².